The Labute approximate surface area is 125 Å². The molecule has 0 radical (unpaired) electrons. The van der Waals surface area contributed by atoms with Crippen LogP contribution in [0.3, 0.4) is 0 Å². The van der Waals surface area contributed by atoms with Crippen LogP contribution in [0.2, 0.25) is 0 Å². The zero-order chi connectivity index (χ0) is 15.9. The van der Waals surface area contributed by atoms with Crippen molar-refractivity contribution in [1.29, 1.82) is 0 Å². The summed E-state index contributed by atoms with van der Waals surface area (Å²) in [4.78, 5) is 59.1. The molecule has 0 unspecified atom stereocenters. The Kier molecular flexibility index (Phi) is 2.96. The number of hydrogen-bond acceptors (Lipinski definition) is 8. The van der Waals surface area contributed by atoms with E-state index in [9.17, 15) is 19.2 Å². The van der Waals surface area contributed by atoms with Crippen LogP contribution in [0.4, 0.5) is 0 Å². The summed E-state index contributed by atoms with van der Waals surface area (Å²) in [5.74, 6) is 0. The Bertz CT molecular complexity index is 562. The Hall–Kier alpha value is -2.48. The second-order valence-electron chi connectivity index (χ2n) is 6.77. The average molecular weight is 300 g/mol. The number of rotatable bonds is 4. The van der Waals surface area contributed by atoms with Gasteiger partial charge in [-0.05, 0) is 38.5 Å². The number of isocyanates is 4. The molecular formula is C14H12N4O4. The van der Waals surface area contributed by atoms with Crippen molar-refractivity contribution >= 4 is 24.3 Å². The van der Waals surface area contributed by atoms with Gasteiger partial charge < -0.3 is 0 Å². The van der Waals surface area contributed by atoms with E-state index < -0.39 is 22.2 Å². The highest BCUT2D eigenvalue weighted by molar-refractivity contribution is 5.46. The highest BCUT2D eigenvalue weighted by atomic mass is 16.1. The lowest BCUT2D eigenvalue weighted by atomic mass is 9.45. The molecule has 0 aromatic heterocycles. The van der Waals surface area contributed by atoms with Crippen molar-refractivity contribution in [2.45, 2.75) is 60.7 Å². The van der Waals surface area contributed by atoms with Crippen LogP contribution in [0.5, 0.6) is 0 Å². The van der Waals surface area contributed by atoms with E-state index in [4.69, 9.17) is 0 Å². The molecular weight excluding hydrogens is 288 g/mol. The predicted octanol–water partition coefficient (Wildman–Crippen LogP) is 0.666. The van der Waals surface area contributed by atoms with Crippen LogP contribution >= 0.6 is 0 Å². The number of aliphatic imine (C=N–C) groups is 4. The van der Waals surface area contributed by atoms with Gasteiger partial charge in [-0.2, -0.15) is 20.0 Å². The van der Waals surface area contributed by atoms with Gasteiger partial charge in [0.15, 0.2) is 0 Å². The smallest absolute Gasteiger partial charge is 0.211 e. The standard InChI is InChI=1S/C14H12N4O4/c19-7-15-11-1-12(16-8-20)4-13(2-11,17-9-21)6-14(3-11,5-12)18-10-22/h1-6H2. The van der Waals surface area contributed by atoms with E-state index in [1.165, 1.54) is 0 Å². The third-order valence-corrected chi connectivity index (χ3v) is 5.08. The largest absolute Gasteiger partial charge is 0.235 e. The Balaban J connectivity index is 2.24. The van der Waals surface area contributed by atoms with Crippen molar-refractivity contribution in [3.05, 3.63) is 0 Å². The minimum Gasteiger partial charge on any atom is -0.211 e. The molecule has 8 nitrogen and oxygen atoms in total. The first-order valence-corrected chi connectivity index (χ1v) is 6.85. The van der Waals surface area contributed by atoms with Crippen LogP contribution in [-0.4, -0.2) is 46.5 Å². The van der Waals surface area contributed by atoms with Gasteiger partial charge in [0.25, 0.3) is 0 Å². The third-order valence-electron chi connectivity index (χ3n) is 5.08. The molecule has 112 valence electrons. The molecule has 0 atom stereocenters. The second-order valence-corrected chi connectivity index (χ2v) is 6.77. The van der Waals surface area contributed by atoms with Crippen LogP contribution in [0.25, 0.3) is 0 Å². The second kappa shape index (κ2) is 4.51. The maximum atomic E-state index is 10.9. The predicted molar refractivity (Wildman–Crippen MR) is 71.1 cm³/mol. The maximum Gasteiger partial charge on any atom is 0.235 e. The molecule has 4 rings (SSSR count). The van der Waals surface area contributed by atoms with E-state index in [-0.39, 0.29) is 0 Å². The van der Waals surface area contributed by atoms with E-state index in [0.29, 0.717) is 38.5 Å². The first-order chi connectivity index (χ1) is 10.5. The molecule has 4 fully saturated rings. The van der Waals surface area contributed by atoms with E-state index in [1.54, 1.807) is 24.3 Å². The number of nitrogens with zero attached hydrogens (tertiary/aromatic N) is 4. The first kappa shape index (κ1) is 14.5. The van der Waals surface area contributed by atoms with Crippen molar-refractivity contribution in [3.8, 4) is 0 Å². The zero-order valence-corrected chi connectivity index (χ0v) is 11.7. The highest BCUT2D eigenvalue weighted by Crippen LogP contribution is 2.65. The van der Waals surface area contributed by atoms with Gasteiger partial charge >= 0.3 is 0 Å². The van der Waals surface area contributed by atoms with Crippen LogP contribution in [0.15, 0.2) is 20.0 Å². The van der Waals surface area contributed by atoms with Gasteiger partial charge in [0.1, 0.15) is 0 Å². The molecule has 4 aliphatic carbocycles. The molecule has 0 spiro atoms. The van der Waals surface area contributed by atoms with Crippen LogP contribution in [0.1, 0.15) is 38.5 Å². The van der Waals surface area contributed by atoms with Crippen molar-refractivity contribution in [3.63, 3.8) is 0 Å². The van der Waals surface area contributed by atoms with Crippen molar-refractivity contribution < 1.29 is 19.2 Å². The molecule has 22 heavy (non-hydrogen) atoms. The lowest BCUT2D eigenvalue weighted by Crippen LogP contribution is -2.69. The van der Waals surface area contributed by atoms with Gasteiger partial charge in [0, 0.05) is 0 Å². The lowest BCUT2D eigenvalue weighted by Gasteiger charge is -2.64. The van der Waals surface area contributed by atoms with Gasteiger partial charge in [-0.15, -0.1) is 0 Å². The van der Waals surface area contributed by atoms with Gasteiger partial charge in [0.2, 0.25) is 24.3 Å². The van der Waals surface area contributed by atoms with Crippen molar-refractivity contribution in [2.24, 2.45) is 20.0 Å². The third kappa shape index (κ3) is 1.95. The summed E-state index contributed by atoms with van der Waals surface area (Å²) < 4.78 is 0. The fourth-order valence-corrected chi connectivity index (χ4v) is 5.29. The van der Waals surface area contributed by atoms with Gasteiger partial charge in [-0.1, -0.05) is 0 Å². The fraction of sp³-hybridized carbons (Fsp3) is 0.714. The molecule has 4 bridgehead atoms. The zero-order valence-electron chi connectivity index (χ0n) is 11.7. The van der Waals surface area contributed by atoms with E-state index in [0.717, 1.165) is 0 Å². The van der Waals surface area contributed by atoms with E-state index in [2.05, 4.69) is 20.0 Å². The molecule has 0 saturated heterocycles. The number of carbonyl (C=O) groups excluding carboxylic acids is 4. The van der Waals surface area contributed by atoms with Crippen LogP contribution in [-0.2, 0) is 19.2 Å². The summed E-state index contributed by atoms with van der Waals surface area (Å²) in [5, 5.41) is 0. The first-order valence-electron chi connectivity index (χ1n) is 6.85. The Morgan fingerprint density at radius 2 is 0.636 bits per heavy atom. The Morgan fingerprint density at radius 1 is 0.455 bits per heavy atom. The average Bonchev–Trinajstić information content (AvgIpc) is 2.36. The molecule has 0 amide bonds. The SMILES string of the molecule is O=C=NC12CC3(N=C=O)CC(N=C=O)(C1)CC(N=C=O)(C2)C3. The molecule has 0 N–H and O–H groups in total. The van der Waals surface area contributed by atoms with Crippen molar-refractivity contribution in [2.75, 3.05) is 0 Å². The summed E-state index contributed by atoms with van der Waals surface area (Å²) in [6.07, 6.45) is 8.38. The quantitative estimate of drug-likeness (QED) is 0.560. The molecule has 0 aromatic carbocycles. The molecule has 0 aromatic rings. The molecule has 0 heterocycles. The Morgan fingerprint density at radius 3 is 0.773 bits per heavy atom. The topological polar surface area (TPSA) is 118 Å². The fourth-order valence-electron chi connectivity index (χ4n) is 5.29. The maximum absolute atomic E-state index is 10.9. The van der Waals surface area contributed by atoms with Gasteiger partial charge in [-0.3, -0.25) is 0 Å². The summed E-state index contributed by atoms with van der Waals surface area (Å²) in [6.45, 7) is 0. The molecule has 4 aliphatic rings. The summed E-state index contributed by atoms with van der Waals surface area (Å²) in [6, 6.07) is 0. The monoisotopic (exact) mass is 300 g/mol. The lowest BCUT2D eigenvalue weighted by molar-refractivity contribution is -0.0440. The summed E-state index contributed by atoms with van der Waals surface area (Å²) in [5.41, 5.74) is -3.51. The van der Waals surface area contributed by atoms with Crippen LogP contribution < -0.4 is 0 Å². The number of hydrogen-bond donors (Lipinski definition) is 0. The highest BCUT2D eigenvalue weighted by Gasteiger charge is 2.70. The van der Waals surface area contributed by atoms with Crippen molar-refractivity contribution in [1.82, 2.24) is 0 Å². The minimum absolute atomic E-state index is 0.358. The normalized spacial score (nSPS) is 44.0. The summed E-state index contributed by atoms with van der Waals surface area (Å²) >= 11 is 0. The van der Waals surface area contributed by atoms with Gasteiger partial charge in [0.05, 0.1) is 22.2 Å². The van der Waals surface area contributed by atoms with E-state index in [1.807, 2.05) is 0 Å². The summed E-state index contributed by atoms with van der Waals surface area (Å²) in [7, 11) is 0. The molecule has 4 saturated carbocycles. The molecule has 0 aliphatic heterocycles. The molecule has 8 heteroatoms. The van der Waals surface area contributed by atoms with E-state index >= 15 is 0 Å². The van der Waals surface area contributed by atoms with Gasteiger partial charge in [-0.25, -0.2) is 19.2 Å². The minimum atomic E-state index is -0.877. The van der Waals surface area contributed by atoms with Crippen LogP contribution in [0, 0.1) is 0 Å².